The molecule has 2 aromatic rings. The molecule has 0 radical (unpaired) electrons. The van der Waals surface area contributed by atoms with Crippen molar-refractivity contribution in [3.63, 3.8) is 0 Å². The first-order chi connectivity index (χ1) is 5.70. The van der Waals surface area contributed by atoms with Gasteiger partial charge in [-0.05, 0) is 6.07 Å². The zero-order valence-corrected chi connectivity index (χ0v) is 7.45. The molecular formula is C7H5Cl2N3. The van der Waals surface area contributed by atoms with Crippen molar-refractivity contribution < 1.29 is 0 Å². The molecule has 0 atom stereocenters. The van der Waals surface area contributed by atoms with Crippen molar-refractivity contribution >= 4 is 40.1 Å². The maximum Gasteiger partial charge on any atom is 0.146 e. The summed E-state index contributed by atoms with van der Waals surface area (Å²) in [5, 5.41) is 1.54. The number of nitrogen functional groups attached to an aromatic ring is 1. The van der Waals surface area contributed by atoms with Crippen LogP contribution in [0.15, 0.2) is 12.3 Å². The largest absolute Gasteiger partial charge is 0.382 e. The fourth-order valence-electron chi connectivity index (χ4n) is 1.03. The molecule has 0 unspecified atom stereocenters. The number of halogens is 2. The Morgan fingerprint density at radius 3 is 2.83 bits per heavy atom. The van der Waals surface area contributed by atoms with Gasteiger partial charge in [0.15, 0.2) is 0 Å². The van der Waals surface area contributed by atoms with Gasteiger partial charge in [0, 0.05) is 11.6 Å². The smallest absolute Gasteiger partial charge is 0.146 e. The van der Waals surface area contributed by atoms with Gasteiger partial charge in [0.2, 0.25) is 0 Å². The van der Waals surface area contributed by atoms with Gasteiger partial charge >= 0.3 is 0 Å². The molecule has 2 heterocycles. The highest BCUT2D eigenvalue weighted by Crippen LogP contribution is 2.32. The second-order valence-electron chi connectivity index (χ2n) is 2.36. The monoisotopic (exact) mass is 201 g/mol. The van der Waals surface area contributed by atoms with Crippen molar-refractivity contribution in [2.45, 2.75) is 0 Å². The molecule has 0 aromatic carbocycles. The summed E-state index contributed by atoms with van der Waals surface area (Å²) in [5.41, 5.74) is 6.15. The van der Waals surface area contributed by atoms with Gasteiger partial charge < -0.3 is 10.7 Å². The van der Waals surface area contributed by atoms with Crippen LogP contribution in [0.2, 0.25) is 10.0 Å². The highest BCUT2D eigenvalue weighted by atomic mass is 35.5. The zero-order valence-electron chi connectivity index (χ0n) is 5.94. The second kappa shape index (κ2) is 2.54. The molecule has 0 aliphatic rings. The quantitative estimate of drug-likeness (QED) is 0.689. The van der Waals surface area contributed by atoms with Crippen LogP contribution in [0, 0.1) is 0 Å². The number of hydrogen-bond donors (Lipinski definition) is 2. The van der Waals surface area contributed by atoms with Crippen LogP contribution in [0.4, 0.5) is 5.82 Å². The highest BCUT2D eigenvalue weighted by molar-refractivity contribution is 6.46. The van der Waals surface area contributed by atoms with Crippen LogP contribution in [0.1, 0.15) is 0 Å². The Labute approximate surface area is 78.5 Å². The second-order valence-corrected chi connectivity index (χ2v) is 3.12. The number of H-pyrrole nitrogens is 1. The maximum absolute atomic E-state index is 5.90. The zero-order chi connectivity index (χ0) is 8.72. The lowest BCUT2D eigenvalue weighted by Gasteiger charge is -1.99. The normalized spacial score (nSPS) is 10.8. The number of anilines is 1. The fraction of sp³-hybridized carbons (Fsp3) is 0. The molecule has 0 aliphatic carbocycles. The Morgan fingerprint density at radius 2 is 2.08 bits per heavy atom. The minimum atomic E-state index is 0.247. The summed E-state index contributed by atoms with van der Waals surface area (Å²) in [5.74, 6) is 0.247. The number of nitrogens with one attached hydrogen (secondary N) is 1. The van der Waals surface area contributed by atoms with Gasteiger partial charge in [-0.1, -0.05) is 23.2 Å². The fourth-order valence-corrected chi connectivity index (χ4v) is 1.42. The van der Waals surface area contributed by atoms with Crippen molar-refractivity contribution in [1.82, 2.24) is 9.97 Å². The van der Waals surface area contributed by atoms with Crippen LogP contribution < -0.4 is 5.73 Å². The molecular weight excluding hydrogens is 197 g/mol. The first-order valence-corrected chi connectivity index (χ1v) is 4.03. The van der Waals surface area contributed by atoms with Gasteiger partial charge in [-0.2, -0.15) is 0 Å². The van der Waals surface area contributed by atoms with Crippen LogP contribution in [0.5, 0.6) is 0 Å². The number of fused-ring (bicyclic) bond motifs is 1. The predicted molar refractivity (Wildman–Crippen MR) is 50.5 cm³/mol. The van der Waals surface area contributed by atoms with Gasteiger partial charge in [-0.3, -0.25) is 0 Å². The number of hydrogen-bond acceptors (Lipinski definition) is 2. The van der Waals surface area contributed by atoms with Gasteiger partial charge in [0.25, 0.3) is 0 Å². The Hall–Kier alpha value is -0.930. The Kier molecular flexibility index (Phi) is 1.63. The topological polar surface area (TPSA) is 54.7 Å². The predicted octanol–water partition coefficient (Wildman–Crippen LogP) is 2.45. The average molecular weight is 202 g/mol. The third-order valence-electron chi connectivity index (χ3n) is 1.61. The van der Waals surface area contributed by atoms with E-state index < -0.39 is 0 Å². The minimum absolute atomic E-state index is 0.247. The van der Waals surface area contributed by atoms with E-state index in [1.807, 2.05) is 0 Å². The molecule has 0 saturated carbocycles. The lowest BCUT2D eigenvalue weighted by molar-refractivity contribution is 1.33. The van der Waals surface area contributed by atoms with E-state index in [4.69, 9.17) is 28.9 Å². The van der Waals surface area contributed by atoms with Crippen molar-refractivity contribution in [3.8, 4) is 0 Å². The molecule has 0 aliphatic heterocycles. The number of aromatic amines is 1. The van der Waals surface area contributed by atoms with Gasteiger partial charge in [0.1, 0.15) is 16.5 Å². The molecule has 0 spiro atoms. The SMILES string of the molecule is Nc1nc2[nH]ccc2c(Cl)c1Cl. The molecule has 3 N–H and O–H groups in total. The highest BCUT2D eigenvalue weighted by Gasteiger charge is 2.09. The van der Waals surface area contributed by atoms with Crippen molar-refractivity contribution in [3.05, 3.63) is 22.3 Å². The van der Waals surface area contributed by atoms with E-state index >= 15 is 0 Å². The Morgan fingerprint density at radius 1 is 1.33 bits per heavy atom. The van der Waals surface area contributed by atoms with Crippen molar-refractivity contribution in [1.29, 1.82) is 0 Å². The van der Waals surface area contributed by atoms with E-state index in [9.17, 15) is 0 Å². The molecule has 0 fully saturated rings. The molecule has 0 amide bonds. The van der Waals surface area contributed by atoms with E-state index in [1.165, 1.54) is 0 Å². The van der Waals surface area contributed by atoms with Crippen molar-refractivity contribution in [2.75, 3.05) is 5.73 Å². The first-order valence-electron chi connectivity index (χ1n) is 3.27. The number of nitrogens with zero attached hydrogens (tertiary/aromatic N) is 1. The number of rotatable bonds is 0. The number of pyridine rings is 1. The third-order valence-corrected chi connectivity index (χ3v) is 2.48. The average Bonchev–Trinajstić information content (AvgIpc) is 2.48. The summed E-state index contributed by atoms with van der Waals surface area (Å²) in [6.45, 7) is 0. The summed E-state index contributed by atoms with van der Waals surface area (Å²) < 4.78 is 0. The van der Waals surface area contributed by atoms with Crippen LogP contribution in [-0.4, -0.2) is 9.97 Å². The lowest BCUT2D eigenvalue weighted by Crippen LogP contribution is -1.92. The van der Waals surface area contributed by atoms with E-state index in [0.717, 1.165) is 5.39 Å². The lowest BCUT2D eigenvalue weighted by atomic mass is 10.3. The van der Waals surface area contributed by atoms with E-state index in [0.29, 0.717) is 15.7 Å². The standard InChI is InChI=1S/C7H5Cl2N3/c8-4-3-1-2-11-7(3)12-6(10)5(4)9/h1-2H,(H3,10,11,12). The maximum atomic E-state index is 5.90. The molecule has 2 rings (SSSR count). The van der Waals surface area contributed by atoms with Gasteiger partial charge in [0.05, 0.1) is 5.02 Å². The molecule has 0 bridgehead atoms. The number of aromatic nitrogens is 2. The summed E-state index contributed by atoms with van der Waals surface area (Å²) in [6, 6.07) is 1.80. The molecule has 62 valence electrons. The van der Waals surface area contributed by atoms with E-state index in [-0.39, 0.29) is 5.82 Å². The summed E-state index contributed by atoms with van der Waals surface area (Å²) in [6.07, 6.45) is 1.74. The summed E-state index contributed by atoms with van der Waals surface area (Å²) >= 11 is 11.7. The summed E-state index contributed by atoms with van der Waals surface area (Å²) in [4.78, 5) is 6.90. The van der Waals surface area contributed by atoms with E-state index in [2.05, 4.69) is 9.97 Å². The van der Waals surface area contributed by atoms with Crippen LogP contribution in [0.3, 0.4) is 0 Å². The Balaban J connectivity index is 2.94. The van der Waals surface area contributed by atoms with Crippen LogP contribution in [-0.2, 0) is 0 Å². The first kappa shape index (κ1) is 7.71. The summed E-state index contributed by atoms with van der Waals surface area (Å²) in [7, 11) is 0. The molecule has 3 nitrogen and oxygen atoms in total. The minimum Gasteiger partial charge on any atom is -0.382 e. The van der Waals surface area contributed by atoms with Crippen molar-refractivity contribution in [2.24, 2.45) is 0 Å². The molecule has 12 heavy (non-hydrogen) atoms. The molecule has 2 aromatic heterocycles. The number of nitrogens with two attached hydrogens (primary N) is 1. The van der Waals surface area contributed by atoms with Crippen LogP contribution in [0.25, 0.3) is 11.0 Å². The van der Waals surface area contributed by atoms with Crippen LogP contribution >= 0.6 is 23.2 Å². The van der Waals surface area contributed by atoms with Gasteiger partial charge in [-0.15, -0.1) is 0 Å². The molecule has 0 saturated heterocycles. The molecule has 5 heteroatoms. The third kappa shape index (κ3) is 0.940. The Bertz CT molecular complexity index is 435. The van der Waals surface area contributed by atoms with Gasteiger partial charge in [-0.25, -0.2) is 4.98 Å². The van der Waals surface area contributed by atoms with E-state index in [1.54, 1.807) is 12.3 Å².